The van der Waals surface area contributed by atoms with Crippen LogP contribution in [0.1, 0.15) is 57.2 Å². The SMILES string of the molecule is CCCCC[C@H]1c2c(-c3ccccc3)nnn2C[C@@H]2CCCN21. The first-order valence-corrected chi connectivity index (χ1v) is 9.13. The molecule has 4 rings (SSSR count). The van der Waals surface area contributed by atoms with Crippen molar-refractivity contribution < 1.29 is 0 Å². The van der Waals surface area contributed by atoms with Gasteiger partial charge in [0.15, 0.2) is 0 Å². The van der Waals surface area contributed by atoms with Crippen LogP contribution in [0, 0.1) is 0 Å². The molecule has 122 valence electrons. The minimum atomic E-state index is 0.494. The summed E-state index contributed by atoms with van der Waals surface area (Å²) in [4.78, 5) is 2.74. The molecule has 1 aromatic heterocycles. The van der Waals surface area contributed by atoms with Crippen LogP contribution in [0.4, 0.5) is 0 Å². The van der Waals surface area contributed by atoms with Crippen molar-refractivity contribution in [1.29, 1.82) is 0 Å². The first-order valence-electron chi connectivity index (χ1n) is 9.13. The van der Waals surface area contributed by atoms with Crippen LogP contribution in [0.5, 0.6) is 0 Å². The van der Waals surface area contributed by atoms with Gasteiger partial charge in [-0.05, 0) is 25.8 Å². The van der Waals surface area contributed by atoms with E-state index >= 15 is 0 Å². The molecule has 0 saturated carbocycles. The standard InChI is InChI=1S/C19H26N4/c1-2-3-5-12-17-19-18(15-9-6-4-7-10-15)20-21-23(19)14-16-11-8-13-22(16)17/h4,6-7,9-10,16-17H,2-3,5,8,11-14H2,1H3/t16-,17-/m0/s1. The van der Waals surface area contributed by atoms with Gasteiger partial charge in [0.2, 0.25) is 0 Å². The highest BCUT2D eigenvalue weighted by molar-refractivity contribution is 5.62. The first kappa shape index (κ1) is 14.9. The zero-order valence-corrected chi connectivity index (χ0v) is 14.0. The Balaban J connectivity index is 1.71. The Morgan fingerprint density at radius 1 is 1.17 bits per heavy atom. The molecule has 2 aliphatic rings. The first-order chi connectivity index (χ1) is 11.4. The molecule has 23 heavy (non-hydrogen) atoms. The molecular formula is C19H26N4. The van der Waals surface area contributed by atoms with E-state index in [9.17, 15) is 0 Å². The van der Waals surface area contributed by atoms with Crippen LogP contribution < -0.4 is 0 Å². The van der Waals surface area contributed by atoms with Crippen molar-refractivity contribution in [3.05, 3.63) is 36.0 Å². The van der Waals surface area contributed by atoms with E-state index in [1.807, 2.05) is 0 Å². The predicted molar refractivity (Wildman–Crippen MR) is 92.1 cm³/mol. The van der Waals surface area contributed by atoms with E-state index in [4.69, 9.17) is 0 Å². The summed E-state index contributed by atoms with van der Waals surface area (Å²) in [5.41, 5.74) is 3.65. The molecule has 1 saturated heterocycles. The van der Waals surface area contributed by atoms with Gasteiger partial charge >= 0.3 is 0 Å². The van der Waals surface area contributed by atoms with E-state index in [2.05, 4.69) is 57.1 Å². The van der Waals surface area contributed by atoms with Gasteiger partial charge in [0, 0.05) is 11.6 Å². The molecule has 0 aliphatic carbocycles. The van der Waals surface area contributed by atoms with E-state index < -0.39 is 0 Å². The third-order valence-electron chi connectivity index (χ3n) is 5.42. The van der Waals surface area contributed by atoms with Gasteiger partial charge < -0.3 is 0 Å². The summed E-state index contributed by atoms with van der Waals surface area (Å²) in [6.07, 6.45) is 7.76. The monoisotopic (exact) mass is 310 g/mol. The highest BCUT2D eigenvalue weighted by atomic mass is 15.5. The molecule has 1 fully saturated rings. The molecule has 4 heteroatoms. The summed E-state index contributed by atoms with van der Waals surface area (Å²) >= 11 is 0. The lowest BCUT2D eigenvalue weighted by atomic mass is 9.96. The molecule has 0 unspecified atom stereocenters. The number of hydrogen-bond acceptors (Lipinski definition) is 3. The molecule has 0 bridgehead atoms. The quantitative estimate of drug-likeness (QED) is 0.781. The summed E-state index contributed by atoms with van der Waals surface area (Å²) in [5, 5.41) is 9.07. The second kappa shape index (κ2) is 6.44. The molecular weight excluding hydrogens is 284 g/mol. The number of fused-ring (bicyclic) bond motifs is 2. The topological polar surface area (TPSA) is 34.0 Å². The summed E-state index contributed by atoms with van der Waals surface area (Å²) in [5.74, 6) is 0. The average Bonchev–Trinajstić information content (AvgIpc) is 3.22. The summed E-state index contributed by atoms with van der Waals surface area (Å²) in [7, 11) is 0. The maximum atomic E-state index is 4.56. The van der Waals surface area contributed by atoms with Crippen LogP contribution in [-0.2, 0) is 6.54 Å². The number of rotatable bonds is 5. The lowest BCUT2D eigenvalue weighted by molar-refractivity contribution is 0.115. The third kappa shape index (κ3) is 2.69. The highest BCUT2D eigenvalue weighted by Gasteiger charge is 2.39. The molecule has 2 atom stereocenters. The molecule has 0 radical (unpaired) electrons. The van der Waals surface area contributed by atoms with Crippen molar-refractivity contribution >= 4 is 0 Å². The minimum Gasteiger partial charge on any atom is -0.290 e. The van der Waals surface area contributed by atoms with Gasteiger partial charge in [-0.25, -0.2) is 4.68 Å². The van der Waals surface area contributed by atoms with Crippen molar-refractivity contribution in [3.63, 3.8) is 0 Å². The maximum Gasteiger partial charge on any atom is 0.117 e. The summed E-state index contributed by atoms with van der Waals surface area (Å²) < 4.78 is 2.20. The van der Waals surface area contributed by atoms with Gasteiger partial charge in [0.05, 0.1) is 18.3 Å². The lowest BCUT2D eigenvalue weighted by Gasteiger charge is -2.38. The molecule has 0 amide bonds. The predicted octanol–water partition coefficient (Wildman–Crippen LogP) is 4.04. The molecule has 0 spiro atoms. The Hall–Kier alpha value is -1.68. The Kier molecular flexibility index (Phi) is 4.17. The van der Waals surface area contributed by atoms with Gasteiger partial charge in [-0.1, -0.05) is 61.7 Å². The molecule has 2 aliphatic heterocycles. The Bertz CT molecular complexity index is 649. The molecule has 4 nitrogen and oxygen atoms in total. The van der Waals surface area contributed by atoms with Crippen LogP contribution in [0.25, 0.3) is 11.3 Å². The summed E-state index contributed by atoms with van der Waals surface area (Å²) in [6.45, 7) is 4.53. The normalized spacial score (nSPS) is 23.7. The average molecular weight is 310 g/mol. The van der Waals surface area contributed by atoms with Gasteiger partial charge in [-0.3, -0.25) is 4.90 Å². The molecule has 1 aromatic carbocycles. The van der Waals surface area contributed by atoms with Gasteiger partial charge in [0.1, 0.15) is 5.69 Å². The van der Waals surface area contributed by atoms with Crippen LogP contribution in [0.15, 0.2) is 30.3 Å². The number of benzene rings is 1. The number of aromatic nitrogens is 3. The van der Waals surface area contributed by atoms with E-state index in [1.165, 1.54) is 56.3 Å². The molecule has 2 aromatic rings. The van der Waals surface area contributed by atoms with Gasteiger partial charge in [0.25, 0.3) is 0 Å². The van der Waals surface area contributed by atoms with E-state index in [0.29, 0.717) is 12.1 Å². The Morgan fingerprint density at radius 3 is 2.87 bits per heavy atom. The lowest BCUT2D eigenvalue weighted by Crippen LogP contribution is -2.42. The fourth-order valence-electron chi connectivity index (χ4n) is 4.30. The van der Waals surface area contributed by atoms with E-state index in [0.717, 1.165) is 12.2 Å². The fourth-order valence-corrected chi connectivity index (χ4v) is 4.30. The van der Waals surface area contributed by atoms with Gasteiger partial charge in [-0.2, -0.15) is 0 Å². The fraction of sp³-hybridized carbons (Fsp3) is 0.579. The molecule has 3 heterocycles. The number of nitrogens with zero attached hydrogens (tertiary/aromatic N) is 4. The van der Waals surface area contributed by atoms with Gasteiger partial charge in [-0.15, -0.1) is 5.10 Å². The third-order valence-corrected chi connectivity index (χ3v) is 5.42. The molecule has 0 N–H and O–H groups in total. The van der Waals surface area contributed by atoms with Crippen molar-refractivity contribution in [3.8, 4) is 11.3 Å². The van der Waals surface area contributed by atoms with E-state index in [1.54, 1.807) is 0 Å². The second-order valence-corrected chi connectivity index (χ2v) is 6.92. The summed E-state index contributed by atoms with van der Waals surface area (Å²) in [6, 6.07) is 11.7. The smallest absolute Gasteiger partial charge is 0.117 e. The number of hydrogen-bond donors (Lipinski definition) is 0. The van der Waals surface area contributed by atoms with Crippen LogP contribution >= 0.6 is 0 Å². The largest absolute Gasteiger partial charge is 0.290 e. The zero-order chi connectivity index (χ0) is 15.6. The second-order valence-electron chi connectivity index (χ2n) is 6.92. The highest BCUT2D eigenvalue weighted by Crippen LogP contribution is 2.41. The maximum absolute atomic E-state index is 4.56. The van der Waals surface area contributed by atoms with Crippen LogP contribution in [0.2, 0.25) is 0 Å². The Labute approximate surface area is 138 Å². The van der Waals surface area contributed by atoms with Crippen molar-refractivity contribution in [2.24, 2.45) is 0 Å². The van der Waals surface area contributed by atoms with Crippen molar-refractivity contribution in [2.75, 3.05) is 6.54 Å². The van der Waals surface area contributed by atoms with Crippen LogP contribution in [-0.4, -0.2) is 32.5 Å². The minimum absolute atomic E-state index is 0.494. The zero-order valence-electron chi connectivity index (χ0n) is 14.0. The number of unbranched alkanes of at least 4 members (excludes halogenated alkanes) is 2. The van der Waals surface area contributed by atoms with Crippen molar-refractivity contribution in [2.45, 2.75) is 64.1 Å². The Morgan fingerprint density at radius 2 is 2.04 bits per heavy atom. The van der Waals surface area contributed by atoms with E-state index in [-0.39, 0.29) is 0 Å². The van der Waals surface area contributed by atoms with Crippen LogP contribution in [0.3, 0.4) is 0 Å². The van der Waals surface area contributed by atoms with Crippen molar-refractivity contribution in [1.82, 2.24) is 19.9 Å².